The Morgan fingerprint density at radius 1 is 1.25 bits per heavy atom. The Morgan fingerprint density at radius 2 is 1.90 bits per heavy atom. The van der Waals surface area contributed by atoms with Gasteiger partial charge in [-0.2, -0.15) is 5.26 Å². The summed E-state index contributed by atoms with van der Waals surface area (Å²) in [5.41, 5.74) is 0.652. The minimum atomic E-state index is -0.742. The third kappa shape index (κ3) is 3.99. The Balaban J connectivity index is 2.95. The van der Waals surface area contributed by atoms with E-state index in [1.807, 2.05) is 0 Å². The van der Waals surface area contributed by atoms with E-state index in [1.54, 1.807) is 25.3 Å². The molecule has 0 aliphatic heterocycles. The van der Waals surface area contributed by atoms with Gasteiger partial charge in [-0.05, 0) is 30.0 Å². The Morgan fingerprint density at radius 3 is 2.40 bits per heavy atom. The van der Waals surface area contributed by atoms with Crippen molar-refractivity contribution in [2.75, 3.05) is 14.2 Å². The zero-order valence-electron chi connectivity index (χ0n) is 12.5. The van der Waals surface area contributed by atoms with Gasteiger partial charge in [0.05, 0.1) is 20.3 Å². The fraction of sp³-hybridized carbons (Fsp3) is 0.500. The number of nitriles is 1. The van der Waals surface area contributed by atoms with Crippen molar-refractivity contribution < 1.29 is 14.3 Å². The molecule has 108 valence electrons. The Hall–Kier alpha value is -2.02. The SMILES string of the molecule is COc1ccc(C(C#N)C(=O)CCC(C)C)cc1OC. The van der Waals surface area contributed by atoms with E-state index in [0.717, 1.165) is 6.42 Å². The van der Waals surface area contributed by atoms with Crippen LogP contribution in [0.5, 0.6) is 11.5 Å². The van der Waals surface area contributed by atoms with Crippen LogP contribution >= 0.6 is 0 Å². The number of nitrogens with zero attached hydrogens (tertiary/aromatic N) is 1. The quantitative estimate of drug-likeness (QED) is 0.766. The molecule has 1 unspecified atom stereocenters. The third-order valence-electron chi connectivity index (χ3n) is 3.16. The number of hydrogen-bond acceptors (Lipinski definition) is 4. The summed E-state index contributed by atoms with van der Waals surface area (Å²) in [6, 6.07) is 7.23. The molecule has 0 radical (unpaired) electrons. The Kier molecular flexibility index (Phi) is 6.05. The standard InChI is InChI=1S/C16H21NO3/c1-11(2)5-7-14(18)13(10-17)12-6-8-15(19-3)16(9-12)20-4/h6,8-9,11,13H,5,7H2,1-4H3. The molecule has 1 atom stereocenters. The van der Waals surface area contributed by atoms with E-state index in [9.17, 15) is 10.1 Å². The smallest absolute Gasteiger partial charge is 0.161 e. The van der Waals surface area contributed by atoms with Crippen LogP contribution in [-0.2, 0) is 4.79 Å². The number of methoxy groups -OCH3 is 2. The van der Waals surface area contributed by atoms with Crippen molar-refractivity contribution in [2.45, 2.75) is 32.6 Å². The number of ketones is 1. The van der Waals surface area contributed by atoms with E-state index in [0.29, 0.717) is 29.4 Å². The normalized spacial score (nSPS) is 11.8. The topological polar surface area (TPSA) is 59.3 Å². The Bertz CT molecular complexity index is 503. The van der Waals surface area contributed by atoms with Crippen LogP contribution in [0.25, 0.3) is 0 Å². The molecule has 4 nitrogen and oxygen atoms in total. The first kappa shape index (κ1) is 16.0. The maximum Gasteiger partial charge on any atom is 0.161 e. The van der Waals surface area contributed by atoms with Crippen molar-refractivity contribution in [2.24, 2.45) is 5.92 Å². The lowest BCUT2D eigenvalue weighted by atomic mass is 9.91. The summed E-state index contributed by atoms with van der Waals surface area (Å²) in [5.74, 6) is 0.773. The minimum Gasteiger partial charge on any atom is -0.493 e. The molecule has 0 aliphatic carbocycles. The van der Waals surface area contributed by atoms with E-state index < -0.39 is 5.92 Å². The molecule has 0 aliphatic rings. The lowest BCUT2D eigenvalue weighted by Gasteiger charge is -2.13. The van der Waals surface area contributed by atoms with E-state index >= 15 is 0 Å². The van der Waals surface area contributed by atoms with Crippen LogP contribution in [0, 0.1) is 17.2 Å². The second kappa shape index (κ2) is 7.54. The molecular weight excluding hydrogens is 254 g/mol. The van der Waals surface area contributed by atoms with E-state index in [1.165, 1.54) is 7.11 Å². The molecule has 0 heterocycles. The highest BCUT2D eigenvalue weighted by Crippen LogP contribution is 2.31. The van der Waals surface area contributed by atoms with Gasteiger partial charge in [0.1, 0.15) is 5.92 Å². The van der Waals surface area contributed by atoms with Gasteiger partial charge in [-0.25, -0.2) is 0 Å². The van der Waals surface area contributed by atoms with Gasteiger partial charge in [0, 0.05) is 6.42 Å². The molecule has 0 amide bonds. The highest BCUT2D eigenvalue weighted by molar-refractivity contribution is 5.88. The average molecular weight is 275 g/mol. The van der Waals surface area contributed by atoms with E-state index in [2.05, 4.69) is 19.9 Å². The number of hydrogen-bond donors (Lipinski definition) is 0. The molecule has 1 aromatic rings. The molecule has 0 N–H and O–H groups in total. The molecule has 0 aromatic heterocycles. The molecular formula is C16H21NO3. The van der Waals surface area contributed by atoms with E-state index in [-0.39, 0.29) is 5.78 Å². The monoisotopic (exact) mass is 275 g/mol. The number of carbonyl (C=O) groups excluding carboxylic acids is 1. The summed E-state index contributed by atoms with van der Waals surface area (Å²) in [5, 5.41) is 9.26. The number of ether oxygens (including phenoxy) is 2. The van der Waals surface area contributed by atoms with Crippen molar-refractivity contribution in [3.05, 3.63) is 23.8 Å². The zero-order chi connectivity index (χ0) is 15.1. The van der Waals surface area contributed by atoms with Crippen LogP contribution in [0.15, 0.2) is 18.2 Å². The first-order chi connectivity index (χ1) is 9.53. The maximum atomic E-state index is 12.1. The van der Waals surface area contributed by atoms with Crippen molar-refractivity contribution in [1.82, 2.24) is 0 Å². The van der Waals surface area contributed by atoms with Gasteiger partial charge < -0.3 is 9.47 Å². The van der Waals surface area contributed by atoms with Crippen LogP contribution in [-0.4, -0.2) is 20.0 Å². The summed E-state index contributed by atoms with van der Waals surface area (Å²) < 4.78 is 10.4. The fourth-order valence-corrected chi connectivity index (χ4v) is 1.94. The minimum absolute atomic E-state index is 0.0478. The molecule has 0 saturated heterocycles. The Labute approximate surface area is 120 Å². The lowest BCUT2D eigenvalue weighted by Crippen LogP contribution is -2.12. The van der Waals surface area contributed by atoms with Crippen LogP contribution in [0.4, 0.5) is 0 Å². The molecule has 20 heavy (non-hydrogen) atoms. The first-order valence-electron chi connectivity index (χ1n) is 6.67. The second-order valence-electron chi connectivity index (χ2n) is 5.08. The highest BCUT2D eigenvalue weighted by atomic mass is 16.5. The summed E-state index contributed by atoms with van der Waals surface area (Å²) in [6.45, 7) is 4.12. The molecule has 0 spiro atoms. The third-order valence-corrected chi connectivity index (χ3v) is 3.16. The van der Waals surface area contributed by atoms with Gasteiger partial charge >= 0.3 is 0 Å². The summed E-state index contributed by atoms with van der Waals surface area (Å²) >= 11 is 0. The summed E-state index contributed by atoms with van der Waals surface area (Å²) in [7, 11) is 3.08. The van der Waals surface area contributed by atoms with Crippen LogP contribution in [0.2, 0.25) is 0 Å². The van der Waals surface area contributed by atoms with Crippen LogP contribution < -0.4 is 9.47 Å². The van der Waals surface area contributed by atoms with E-state index in [4.69, 9.17) is 9.47 Å². The fourth-order valence-electron chi connectivity index (χ4n) is 1.94. The van der Waals surface area contributed by atoms with Crippen molar-refractivity contribution in [3.63, 3.8) is 0 Å². The first-order valence-corrected chi connectivity index (χ1v) is 6.67. The molecule has 0 saturated carbocycles. The van der Waals surface area contributed by atoms with Gasteiger partial charge in [-0.3, -0.25) is 4.79 Å². The molecule has 0 bridgehead atoms. The molecule has 1 rings (SSSR count). The number of carbonyl (C=O) groups is 1. The molecule has 0 fully saturated rings. The molecule has 4 heteroatoms. The maximum absolute atomic E-state index is 12.1. The van der Waals surface area contributed by atoms with Gasteiger partial charge in [0.2, 0.25) is 0 Å². The van der Waals surface area contributed by atoms with Gasteiger partial charge in [0.15, 0.2) is 17.3 Å². The predicted octanol–water partition coefficient (Wildman–Crippen LogP) is 3.32. The number of Topliss-reactive ketones (excluding diaryl/α,β-unsaturated/α-hetero) is 1. The number of rotatable bonds is 7. The lowest BCUT2D eigenvalue weighted by molar-refractivity contribution is -0.119. The van der Waals surface area contributed by atoms with Crippen molar-refractivity contribution in [1.29, 1.82) is 5.26 Å². The van der Waals surface area contributed by atoms with Crippen LogP contribution in [0.1, 0.15) is 38.2 Å². The van der Waals surface area contributed by atoms with Crippen molar-refractivity contribution in [3.8, 4) is 17.6 Å². The van der Waals surface area contributed by atoms with Crippen LogP contribution in [0.3, 0.4) is 0 Å². The largest absolute Gasteiger partial charge is 0.493 e. The number of benzene rings is 1. The molecule has 1 aromatic carbocycles. The van der Waals surface area contributed by atoms with Crippen molar-refractivity contribution >= 4 is 5.78 Å². The average Bonchev–Trinajstić information content (AvgIpc) is 2.45. The van der Waals surface area contributed by atoms with Gasteiger partial charge in [0.25, 0.3) is 0 Å². The summed E-state index contributed by atoms with van der Waals surface area (Å²) in [6.07, 6.45) is 1.22. The van der Waals surface area contributed by atoms with Gasteiger partial charge in [-0.1, -0.05) is 19.9 Å². The zero-order valence-corrected chi connectivity index (χ0v) is 12.5. The van der Waals surface area contributed by atoms with Gasteiger partial charge in [-0.15, -0.1) is 0 Å². The highest BCUT2D eigenvalue weighted by Gasteiger charge is 2.21. The second-order valence-corrected chi connectivity index (χ2v) is 5.08. The predicted molar refractivity (Wildman–Crippen MR) is 77.0 cm³/mol. The summed E-state index contributed by atoms with van der Waals surface area (Å²) in [4.78, 5) is 12.1.